The van der Waals surface area contributed by atoms with E-state index >= 15 is 0 Å². The van der Waals surface area contributed by atoms with Gasteiger partial charge in [-0.15, -0.1) is 0 Å². The van der Waals surface area contributed by atoms with Gasteiger partial charge in [-0.3, -0.25) is 9.59 Å². The van der Waals surface area contributed by atoms with Crippen molar-refractivity contribution in [2.75, 3.05) is 31.8 Å². The number of hydrogen-bond acceptors (Lipinski definition) is 4. The molecule has 4 aromatic carbocycles. The number of hydrogen-bond donors (Lipinski definition) is 2. The van der Waals surface area contributed by atoms with Crippen LogP contribution in [-0.4, -0.2) is 42.8 Å². The Morgan fingerprint density at radius 1 is 0.744 bits per heavy atom. The molecule has 0 bridgehead atoms. The highest BCUT2D eigenvalue weighted by molar-refractivity contribution is 6.37. The highest BCUT2D eigenvalue weighted by atomic mass is 16.2. The minimum atomic E-state index is -0.206. The molecule has 0 atom stereocenters. The number of fused-ring (bicyclic) bond motifs is 1. The van der Waals surface area contributed by atoms with Crippen molar-refractivity contribution in [1.29, 1.82) is 0 Å². The fraction of sp³-hybridized carbons (Fsp3) is 0.152. The summed E-state index contributed by atoms with van der Waals surface area (Å²) >= 11 is 0. The van der Waals surface area contributed by atoms with Crippen LogP contribution in [0.4, 0.5) is 11.4 Å². The minimum Gasteiger partial charge on any atom is -0.354 e. The lowest BCUT2D eigenvalue weighted by atomic mass is 9.98. The molecule has 0 fully saturated rings. The summed E-state index contributed by atoms with van der Waals surface area (Å²) < 4.78 is 0. The van der Waals surface area contributed by atoms with Crippen LogP contribution in [0.2, 0.25) is 0 Å². The molecule has 4 aromatic rings. The van der Waals surface area contributed by atoms with Gasteiger partial charge in [-0.1, -0.05) is 72.8 Å². The van der Waals surface area contributed by atoms with Gasteiger partial charge in [0.1, 0.15) is 0 Å². The molecule has 39 heavy (non-hydrogen) atoms. The van der Waals surface area contributed by atoms with E-state index in [1.807, 2.05) is 99.0 Å². The van der Waals surface area contributed by atoms with Crippen LogP contribution in [0.15, 0.2) is 103 Å². The molecular formula is C33H32N4O2. The van der Waals surface area contributed by atoms with Gasteiger partial charge in [0, 0.05) is 42.6 Å². The topological polar surface area (TPSA) is 64.7 Å². The zero-order valence-electron chi connectivity index (χ0n) is 22.4. The summed E-state index contributed by atoms with van der Waals surface area (Å²) in [5.41, 5.74) is 7.10. The summed E-state index contributed by atoms with van der Waals surface area (Å²) in [6.07, 6.45) is 0. The highest BCUT2D eigenvalue weighted by Gasteiger charge is 2.30. The number of amides is 2. The van der Waals surface area contributed by atoms with Gasteiger partial charge < -0.3 is 20.4 Å². The predicted octanol–water partition coefficient (Wildman–Crippen LogP) is 5.95. The summed E-state index contributed by atoms with van der Waals surface area (Å²) in [5.74, 6) is -0.311. The fourth-order valence-electron chi connectivity index (χ4n) is 4.84. The number of rotatable bonds is 8. The van der Waals surface area contributed by atoms with Crippen molar-refractivity contribution in [3.05, 3.63) is 131 Å². The first-order valence-corrected chi connectivity index (χ1v) is 12.9. The lowest BCUT2D eigenvalue weighted by Gasteiger charge is -2.18. The number of anilines is 2. The van der Waals surface area contributed by atoms with Crippen molar-refractivity contribution in [2.24, 2.45) is 0 Å². The lowest BCUT2D eigenvalue weighted by Crippen LogP contribution is -2.26. The van der Waals surface area contributed by atoms with E-state index in [0.717, 1.165) is 28.9 Å². The lowest BCUT2D eigenvalue weighted by molar-refractivity contribution is -0.110. The van der Waals surface area contributed by atoms with Gasteiger partial charge in [-0.2, -0.15) is 0 Å². The summed E-state index contributed by atoms with van der Waals surface area (Å²) in [7, 11) is 5.86. The van der Waals surface area contributed by atoms with Gasteiger partial charge in [0.25, 0.3) is 11.8 Å². The Hall–Kier alpha value is -4.68. The summed E-state index contributed by atoms with van der Waals surface area (Å²) in [5, 5.41) is 6.52. The van der Waals surface area contributed by atoms with Crippen molar-refractivity contribution in [1.82, 2.24) is 9.80 Å². The Bertz CT molecular complexity index is 1530. The fourth-order valence-corrected chi connectivity index (χ4v) is 4.84. The maximum absolute atomic E-state index is 13.4. The molecule has 6 heteroatoms. The van der Waals surface area contributed by atoms with Gasteiger partial charge in [0.15, 0.2) is 0 Å². The van der Waals surface area contributed by atoms with E-state index in [0.29, 0.717) is 34.6 Å². The molecule has 1 aliphatic rings. The monoisotopic (exact) mass is 516 g/mol. The van der Waals surface area contributed by atoms with Crippen molar-refractivity contribution >= 4 is 34.5 Å². The van der Waals surface area contributed by atoms with E-state index in [2.05, 4.69) is 27.7 Å². The first-order chi connectivity index (χ1) is 18.9. The third-order valence-corrected chi connectivity index (χ3v) is 6.63. The molecule has 0 radical (unpaired) electrons. The van der Waals surface area contributed by atoms with E-state index in [-0.39, 0.29) is 11.8 Å². The normalized spacial score (nSPS) is 13.6. The average Bonchev–Trinajstić information content (AvgIpc) is 3.26. The van der Waals surface area contributed by atoms with Crippen LogP contribution in [0.5, 0.6) is 0 Å². The second kappa shape index (κ2) is 11.4. The van der Waals surface area contributed by atoms with Crippen molar-refractivity contribution < 1.29 is 9.59 Å². The zero-order chi connectivity index (χ0) is 27.4. The maximum atomic E-state index is 13.4. The van der Waals surface area contributed by atoms with Gasteiger partial charge in [0.2, 0.25) is 0 Å². The van der Waals surface area contributed by atoms with Crippen LogP contribution in [0.1, 0.15) is 32.6 Å². The molecule has 2 N–H and O–H groups in total. The number of carbonyl (C=O) groups excluding carboxylic acids is 2. The molecule has 0 aliphatic carbocycles. The summed E-state index contributed by atoms with van der Waals surface area (Å²) in [6.45, 7) is 1.30. The third-order valence-electron chi connectivity index (χ3n) is 6.63. The molecule has 0 aromatic heterocycles. The number of nitrogens with one attached hydrogen (secondary N) is 2. The van der Waals surface area contributed by atoms with Gasteiger partial charge in [-0.05, 0) is 61.1 Å². The third kappa shape index (κ3) is 5.92. The Morgan fingerprint density at radius 3 is 2.15 bits per heavy atom. The van der Waals surface area contributed by atoms with E-state index in [9.17, 15) is 9.59 Å². The summed E-state index contributed by atoms with van der Waals surface area (Å²) in [4.78, 5) is 30.6. The van der Waals surface area contributed by atoms with Crippen LogP contribution >= 0.6 is 0 Å². The standard InChI is InChI=1S/C33H32N4O2/c1-36(2)21-24-13-10-16-27(19-24)34-31(25-14-8-5-9-15-25)30-28-20-26(17-18-29(28)35-32(30)38)33(39)37(3)22-23-11-6-4-7-12-23/h4-20,34H,21-22H2,1-3H3,(H,35,38)/b31-30-. The molecule has 0 saturated heterocycles. The van der Waals surface area contributed by atoms with Crippen molar-refractivity contribution in [3.63, 3.8) is 0 Å². The van der Waals surface area contributed by atoms with E-state index in [1.165, 1.54) is 0 Å². The molecule has 2 amide bonds. The highest BCUT2D eigenvalue weighted by Crippen LogP contribution is 2.38. The molecule has 0 spiro atoms. The molecule has 1 heterocycles. The van der Waals surface area contributed by atoms with Crippen LogP contribution < -0.4 is 10.6 Å². The summed E-state index contributed by atoms with van der Waals surface area (Å²) in [6, 6.07) is 33.3. The van der Waals surface area contributed by atoms with Crippen LogP contribution in [-0.2, 0) is 17.9 Å². The average molecular weight is 517 g/mol. The Balaban J connectivity index is 1.54. The molecule has 5 rings (SSSR count). The Labute approximate surface area is 229 Å². The Kier molecular flexibility index (Phi) is 7.57. The molecular weight excluding hydrogens is 484 g/mol. The van der Waals surface area contributed by atoms with Gasteiger partial charge in [0.05, 0.1) is 11.3 Å². The van der Waals surface area contributed by atoms with E-state index in [4.69, 9.17) is 0 Å². The van der Waals surface area contributed by atoms with Crippen molar-refractivity contribution in [2.45, 2.75) is 13.1 Å². The largest absolute Gasteiger partial charge is 0.354 e. The first kappa shape index (κ1) is 25.9. The van der Waals surface area contributed by atoms with Crippen LogP contribution in [0, 0.1) is 0 Å². The second-order valence-corrected chi connectivity index (χ2v) is 10.0. The number of nitrogens with zero attached hydrogens (tertiary/aromatic N) is 2. The van der Waals surface area contributed by atoms with Gasteiger partial charge in [-0.25, -0.2) is 0 Å². The number of benzene rings is 4. The van der Waals surface area contributed by atoms with E-state index < -0.39 is 0 Å². The van der Waals surface area contributed by atoms with Gasteiger partial charge >= 0.3 is 0 Å². The zero-order valence-corrected chi connectivity index (χ0v) is 22.4. The SMILES string of the molecule is CN(C)Cc1cccc(N/C(=C2\C(=O)Nc3ccc(C(=O)N(C)Cc4ccccc4)cc32)c2ccccc2)c1. The number of carbonyl (C=O) groups is 2. The quantitative estimate of drug-likeness (QED) is 0.284. The molecule has 1 aliphatic heterocycles. The predicted molar refractivity (Wildman–Crippen MR) is 158 cm³/mol. The molecule has 0 saturated carbocycles. The Morgan fingerprint density at radius 2 is 1.44 bits per heavy atom. The molecule has 0 unspecified atom stereocenters. The molecule has 196 valence electrons. The molecule has 6 nitrogen and oxygen atoms in total. The van der Waals surface area contributed by atoms with Crippen molar-refractivity contribution in [3.8, 4) is 0 Å². The van der Waals surface area contributed by atoms with Crippen LogP contribution in [0.3, 0.4) is 0 Å². The smallest absolute Gasteiger partial charge is 0.258 e. The van der Waals surface area contributed by atoms with Crippen LogP contribution in [0.25, 0.3) is 11.3 Å². The van der Waals surface area contributed by atoms with E-state index in [1.54, 1.807) is 18.0 Å². The second-order valence-electron chi connectivity index (χ2n) is 10.0. The first-order valence-electron chi connectivity index (χ1n) is 12.9. The minimum absolute atomic E-state index is 0.106. The maximum Gasteiger partial charge on any atom is 0.258 e.